The maximum Gasteiger partial charge on any atom is 0.139 e. The Morgan fingerprint density at radius 1 is 0.952 bits per heavy atom. The molecule has 0 saturated heterocycles. The molecule has 4 nitrogen and oxygen atoms in total. The van der Waals surface area contributed by atoms with Gasteiger partial charge >= 0.3 is 0 Å². The highest BCUT2D eigenvalue weighted by Crippen LogP contribution is 2.39. The van der Waals surface area contributed by atoms with Gasteiger partial charge in [0, 0.05) is 24.2 Å². The van der Waals surface area contributed by atoms with Gasteiger partial charge in [0.2, 0.25) is 0 Å². The quantitative estimate of drug-likeness (QED) is 0.887. The molecule has 1 saturated carbocycles. The van der Waals surface area contributed by atoms with E-state index in [1.165, 1.54) is 24.0 Å². The van der Waals surface area contributed by atoms with Crippen LogP contribution in [0.25, 0.3) is 0 Å². The van der Waals surface area contributed by atoms with Gasteiger partial charge in [-0.25, -0.2) is 9.97 Å². The van der Waals surface area contributed by atoms with E-state index in [1.54, 1.807) is 0 Å². The Kier molecular flexibility index (Phi) is 3.53. The van der Waals surface area contributed by atoms with E-state index in [9.17, 15) is 0 Å². The molecule has 1 fully saturated rings. The Bertz CT molecular complexity index is 654. The van der Waals surface area contributed by atoms with Crippen LogP contribution in [0.1, 0.15) is 41.3 Å². The minimum Gasteiger partial charge on any atom is -0.373 e. The van der Waals surface area contributed by atoms with Gasteiger partial charge in [0.1, 0.15) is 17.5 Å². The van der Waals surface area contributed by atoms with Gasteiger partial charge in [-0.2, -0.15) is 0 Å². The fourth-order valence-corrected chi connectivity index (χ4v) is 2.61. The largest absolute Gasteiger partial charge is 0.373 e. The molecule has 0 amide bonds. The van der Waals surface area contributed by atoms with E-state index in [1.807, 2.05) is 14.0 Å². The monoisotopic (exact) mass is 282 g/mol. The molecule has 1 aliphatic rings. The fraction of sp³-hybridized carbons (Fsp3) is 0.412. The van der Waals surface area contributed by atoms with Gasteiger partial charge in [-0.3, -0.25) is 0 Å². The van der Waals surface area contributed by atoms with E-state index < -0.39 is 0 Å². The van der Waals surface area contributed by atoms with E-state index in [-0.39, 0.29) is 0 Å². The first kappa shape index (κ1) is 13.9. The van der Waals surface area contributed by atoms with Crippen LogP contribution in [0.4, 0.5) is 17.3 Å². The third-order valence-corrected chi connectivity index (χ3v) is 3.83. The molecule has 0 bridgehead atoms. The van der Waals surface area contributed by atoms with Crippen molar-refractivity contribution in [3.05, 3.63) is 40.7 Å². The summed E-state index contributed by atoms with van der Waals surface area (Å²) in [5.74, 6) is 3.31. The molecule has 1 heterocycles. The average molecular weight is 282 g/mol. The standard InChI is InChI=1S/C17H22N4/c1-10-7-11(2)9-14(8-10)19-16-12(3)15(18-4)20-17(21-16)13-5-6-13/h7-9,13H,5-6H2,1-4H3,(H2,18,19,20,21). The molecule has 1 aromatic heterocycles. The molecule has 1 aromatic carbocycles. The van der Waals surface area contributed by atoms with Gasteiger partial charge in [-0.1, -0.05) is 6.07 Å². The third-order valence-electron chi connectivity index (χ3n) is 3.83. The molecule has 3 rings (SSSR count). The van der Waals surface area contributed by atoms with Crippen molar-refractivity contribution in [1.29, 1.82) is 0 Å². The van der Waals surface area contributed by atoms with E-state index in [2.05, 4.69) is 47.7 Å². The summed E-state index contributed by atoms with van der Waals surface area (Å²) in [6, 6.07) is 6.46. The Balaban J connectivity index is 1.98. The zero-order valence-corrected chi connectivity index (χ0v) is 13.1. The first-order valence-electron chi connectivity index (χ1n) is 7.48. The zero-order chi connectivity index (χ0) is 15.0. The number of nitrogens with one attached hydrogen (secondary N) is 2. The molecule has 1 aliphatic carbocycles. The van der Waals surface area contributed by atoms with Crippen LogP contribution in [0.3, 0.4) is 0 Å². The smallest absolute Gasteiger partial charge is 0.139 e. The minimum atomic E-state index is 0.539. The molecular weight excluding hydrogens is 260 g/mol. The van der Waals surface area contributed by atoms with Crippen LogP contribution in [0, 0.1) is 20.8 Å². The van der Waals surface area contributed by atoms with Gasteiger partial charge in [0.05, 0.1) is 0 Å². The van der Waals surface area contributed by atoms with Gasteiger partial charge in [-0.15, -0.1) is 0 Å². The maximum atomic E-state index is 4.74. The van der Waals surface area contributed by atoms with Crippen LogP contribution >= 0.6 is 0 Å². The third kappa shape index (κ3) is 2.99. The molecule has 2 N–H and O–H groups in total. The summed E-state index contributed by atoms with van der Waals surface area (Å²) < 4.78 is 0. The minimum absolute atomic E-state index is 0.539. The van der Waals surface area contributed by atoms with Crippen molar-refractivity contribution in [1.82, 2.24) is 9.97 Å². The summed E-state index contributed by atoms with van der Waals surface area (Å²) in [6.07, 6.45) is 2.41. The number of anilines is 3. The zero-order valence-electron chi connectivity index (χ0n) is 13.1. The van der Waals surface area contributed by atoms with Crippen molar-refractivity contribution in [2.24, 2.45) is 0 Å². The maximum absolute atomic E-state index is 4.74. The fourth-order valence-electron chi connectivity index (χ4n) is 2.61. The van der Waals surface area contributed by atoms with Gasteiger partial charge in [0.15, 0.2) is 0 Å². The van der Waals surface area contributed by atoms with E-state index in [0.29, 0.717) is 5.92 Å². The van der Waals surface area contributed by atoms with E-state index >= 15 is 0 Å². The molecule has 0 spiro atoms. The second kappa shape index (κ2) is 5.35. The van der Waals surface area contributed by atoms with Crippen LogP contribution in [0.5, 0.6) is 0 Å². The van der Waals surface area contributed by atoms with E-state index in [4.69, 9.17) is 4.98 Å². The number of nitrogens with zero attached hydrogens (tertiary/aromatic N) is 2. The van der Waals surface area contributed by atoms with Crippen LogP contribution in [-0.4, -0.2) is 17.0 Å². The molecule has 0 aliphatic heterocycles. The van der Waals surface area contributed by atoms with Crippen molar-refractivity contribution in [2.75, 3.05) is 17.7 Å². The predicted octanol–water partition coefficient (Wildman–Crippen LogP) is 4.06. The van der Waals surface area contributed by atoms with Crippen LogP contribution < -0.4 is 10.6 Å². The Morgan fingerprint density at radius 3 is 2.14 bits per heavy atom. The van der Waals surface area contributed by atoms with Gasteiger partial charge in [0.25, 0.3) is 0 Å². The summed E-state index contributed by atoms with van der Waals surface area (Å²) >= 11 is 0. The molecule has 4 heteroatoms. The summed E-state index contributed by atoms with van der Waals surface area (Å²) in [7, 11) is 1.91. The summed E-state index contributed by atoms with van der Waals surface area (Å²) in [4.78, 5) is 9.36. The highest BCUT2D eigenvalue weighted by Gasteiger charge is 2.28. The summed E-state index contributed by atoms with van der Waals surface area (Å²) in [5, 5.41) is 6.64. The number of rotatable bonds is 4. The molecule has 0 unspecified atom stereocenters. The van der Waals surface area contributed by atoms with Gasteiger partial charge in [-0.05, 0) is 56.9 Å². The second-order valence-corrected chi connectivity index (χ2v) is 5.93. The summed E-state index contributed by atoms with van der Waals surface area (Å²) in [5.41, 5.74) is 4.64. The lowest BCUT2D eigenvalue weighted by molar-refractivity contribution is 0.923. The molecular formula is C17H22N4. The van der Waals surface area contributed by atoms with Crippen LogP contribution in [0.15, 0.2) is 18.2 Å². The molecule has 0 radical (unpaired) electrons. The Morgan fingerprint density at radius 2 is 1.57 bits per heavy atom. The first-order chi connectivity index (χ1) is 10.1. The topological polar surface area (TPSA) is 49.8 Å². The lowest BCUT2D eigenvalue weighted by Gasteiger charge is -2.14. The summed E-state index contributed by atoms with van der Waals surface area (Å²) in [6.45, 7) is 6.27. The van der Waals surface area contributed by atoms with Crippen molar-refractivity contribution < 1.29 is 0 Å². The highest BCUT2D eigenvalue weighted by molar-refractivity contribution is 5.65. The Labute approximate surface area is 126 Å². The second-order valence-electron chi connectivity index (χ2n) is 5.93. The number of aryl methyl sites for hydroxylation is 2. The SMILES string of the molecule is CNc1nc(C2CC2)nc(Nc2cc(C)cc(C)c2)c1C. The highest BCUT2D eigenvalue weighted by atomic mass is 15.1. The Hall–Kier alpha value is -2.10. The molecule has 2 aromatic rings. The predicted molar refractivity (Wildman–Crippen MR) is 87.5 cm³/mol. The van der Waals surface area contributed by atoms with Crippen LogP contribution in [0.2, 0.25) is 0 Å². The van der Waals surface area contributed by atoms with Gasteiger partial charge < -0.3 is 10.6 Å². The first-order valence-corrected chi connectivity index (χ1v) is 7.48. The number of aromatic nitrogens is 2. The van der Waals surface area contributed by atoms with Crippen molar-refractivity contribution >= 4 is 17.3 Å². The lowest BCUT2D eigenvalue weighted by atomic mass is 10.1. The van der Waals surface area contributed by atoms with Crippen LogP contribution in [-0.2, 0) is 0 Å². The molecule has 21 heavy (non-hydrogen) atoms. The number of hydrogen-bond donors (Lipinski definition) is 2. The lowest BCUT2D eigenvalue weighted by Crippen LogP contribution is -2.07. The molecule has 110 valence electrons. The number of hydrogen-bond acceptors (Lipinski definition) is 4. The normalized spacial score (nSPS) is 14.1. The average Bonchev–Trinajstić information content (AvgIpc) is 3.24. The van der Waals surface area contributed by atoms with E-state index in [0.717, 1.165) is 28.7 Å². The van der Waals surface area contributed by atoms with Crippen molar-refractivity contribution in [3.8, 4) is 0 Å². The number of benzene rings is 1. The van der Waals surface area contributed by atoms with Crippen molar-refractivity contribution in [2.45, 2.75) is 39.5 Å². The molecule has 0 atom stereocenters. The van der Waals surface area contributed by atoms with Crippen molar-refractivity contribution in [3.63, 3.8) is 0 Å².